The maximum Gasteiger partial charge on any atom is 0.201 e. The number of hydrogen-bond donors (Lipinski definition) is 4. The maximum absolute atomic E-state index is 9.49. The number of nitriles is 1. The Balaban J connectivity index is 2.90. The second kappa shape index (κ2) is 5.14. The number of rotatable bonds is 3. The minimum absolute atomic E-state index is 0.0287. The van der Waals surface area contributed by atoms with Crippen molar-refractivity contribution < 1.29 is 5.11 Å². The van der Waals surface area contributed by atoms with Crippen molar-refractivity contribution in [1.29, 1.82) is 10.7 Å². The summed E-state index contributed by atoms with van der Waals surface area (Å²) in [5.41, 5.74) is 7.61. The van der Waals surface area contributed by atoms with Gasteiger partial charge in [0.2, 0.25) is 5.71 Å². The summed E-state index contributed by atoms with van der Waals surface area (Å²) in [6.07, 6.45) is 0. The lowest BCUT2D eigenvalue weighted by Crippen LogP contribution is -2.21. The van der Waals surface area contributed by atoms with E-state index in [1.807, 2.05) is 0 Å². The molecule has 1 aromatic carbocycles. The maximum atomic E-state index is 9.49. The Morgan fingerprint density at radius 2 is 2.31 bits per heavy atom. The van der Waals surface area contributed by atoms with Crippen LogP contribution in [-0.4, -0.2) is 16.7 Å². The highest BCUT2D eigenvalue weighted by molar-refractivity contribution is 9.10. The van der Waals surface area contributed by atoms with Crippen LogP contribution in [0.2, 0.25) is 0 Å². The van der Waals surface area contributed by atoms with Gasteiger partial charge in [-0.25, -0.2) is 0 Å². The van der Waals surface area contributed by atoms with Crippen molar-refractivity contribution in [2.75, 3.05) is 5.43 Å². The number of phenolic OH excluding ortho intramolecular Hbond substituents is 1. The van der Waals surface area contributed by atoms with Gasteiger partial charge in [-0.05, 0) is 18.2 Å². The van der Waals surface area contributed by atoms with Crippen LogP contribution in [0.3, 0.4) is 0 Å². The van der Waals surface area contributed by atoms with Crippen LogP contribution in [0.4, 0.5) is 5.69 Å². The zero-order chi connectivity index (χ0) is 12.1. The van der Waals surface area contributed by atoms with Gasteiger partial charge in [-0.1, -0.05) is 15.9 Å². The monoisotopic (exact) mass is 281 g/mol. The van der Waals surface area contributed by atoms with Gasteiger partial charge in [0.05, 0.1) is 5.69 Å². The summed E-state index contributed by atoms with van der Waals surface area (Å²) < 4.78 is 0.714. The molecular formula is C9H8BrN5O. The molecule has 0 radical (unpaired) electrons. The molecular weight excluding hydrogens is 274 g/mol. The molecule has 82 valence electrons. The third-order valence-electron chi connectivity index (χ3n) is 1.61. The molecule has 0 unspecified atom stereocenters. The Kier molecular flexibility index (Phi) is 3.85. The van der Waals surface area contributed by atoms with E-state index in [1.165, 1.54) is 6.07 Å². The topological polar surface area (TPSA) is 118 Å². The Labute approximate surface area is 100 Å². The molecule has 16 heavy (non-hydrogen) atoms. The summed E-state index contributed by atoms with van der Waals surface area (Å²) >= 11 is 3.18. The largest absolute Gasteiger partial charge is 0.506 e. The van der Waals surface area contributed by atoms with E-state index in [0.717, 1.165) is 0 Å². The predicted molar refractivity (Wildman–Crippen MR) is 64.4 cm³/mol. The predicted octanol–water partition coefficient (Wildman–Crippen LogP) is 1.38. The van der Waals surface area contributed by atoms with Gasteiger partial charge >= 0.3 is 0 Å². The molecule has 7 heteroatoms. The molecule has 1 rings (SSSR count). The van der Waals surface area contributed by atoms with Crippen molar-refractivity contribution in [3.8, 4) is 11.8 Å². The normalized spacial score (nSPS) is 10.6. The average Bonchev–Trinajstić information content (AvgIpc) is 2.21. The van der Waals surface area contributed by atoms with Crippen LogP contribution in [0.25, 0.3) is 0 Å². The number of aromatic hydroxyl groups is 1. The number of anilines is 1. The van der Waals surface area contributed by atoms with Gasteiger partial charge in [0.1, 0.15) is 11.8 Å². The fourth-order valence-corrected chi connectivity index (χ4v) is 1.21. The summed E-state index contributed by atoms with van der Waals surface area (Å²) in [6.45, 7) is 0. The lowest BCUT2D eigenvalue weighted by Gasteiger charge is -2.04. The Morgan fingerprint density at radius 3 is 2.81 bits per heavy atom. The first kappa shape index (κ1) is 12.0. The van der Waals surface area contributed by atoms with E-state index in [2.05, 4.69) is 26.5 Å². The average molecular weight is 282 g/mol. The molecule has 0 aromatic heterocycles. The van der Waals surface area contributed by atoms with Crippen LogP contribution in [0.1, 0.15) is 0 Å². The van der Waals surface area contributed by atoms with E-state index in [1.54, 1.807) is 18.2 Å². The van der Waals surface area contributed by atoms with E-state index in [9.17, 15) is 5.11 Å². The summed E-state index contributed by atoms with van der Waals surface area (Å²) in [4.78, 5) is 0. The van der Waals surface area contributed by atoms with Gasteiger partial charge in [0.15, 0.2) is 5.84 Å². The smallest absolute Gasteiger partial charge is 0.201 e. The zero-order valence-electron chi connectivity index (χ0n) is 8.03. The Hall–Kier alpha value is -2.07. The molecule has 0 atom stereocenters. The van der Waals surface area contributed by atoms with Crippen LogP contribution >= 0.6 is 15.9 Å². The summed E-state index contributed by atoms with van der Waals surface area (Å²) in [5, 5.41) is 28.7. The number of hydrazone groups is 1. The summed E-state index contributed by atoms with van der Waals surface area (Å²) in [6, 6.07) is 6.38. The summed E-state index contributed by atoms with van der Waals surface area (Å²) in [7, 11) is 0. The number of nitrogens with two attached hydrogens (primary N) is 1. The molecule has 0 bridgehead atoms. The quantitative estimate of drug-likeness (QED) is 0.290. The van der Waals surface area contributed by atoms with Gasteiger partial charge in [0, 0.05) is 4.47 Å². The van der Waals surface area contributed by atoms with E-state index >= 15 is 0 Å². The molecule has 6 nitrogen and oxygen atoms in total. The minimum Gasteiger partial charge on any atom is -0.506 e. The lowest BCUT2D eigenvalue weighted by atomic mass is 10.3. The van der Waals surface area contributed by atoms with Crippen molar-refractivity contribution in [2.24, 2.45) is 10.8 Å². The molecule has 0 saturated carbocycles. The molecule has 0 spiro atoms. The second-order valence-corrected chi connectivity index (χ2v) is 3.67. The van der Waals surface area contributed by atoms with Crippen LogP contribution in [0, 0.1) is 16.7 Å². The molecule has 0 saturated heterocycles. The van der Waals surface area contributed by atoms with Crippen molar-refractivity contribution >= 4 is 33.2 Å². The van der Waals surface area contributed by atoms with Crippen molar-refractivity contribution in [3.63, 3.8) is 0 Å². The highest BCUT2D eigenvalue weighted by Gasteiger charge is 2.03. The van der Waals surface area contributed by atoms with Gasteiger partial charge in [-0.2, -0.15) is 10.4 Å². The first-order valence-corrected chi connectivity index (χ1v) is 4.90. The third-order valence-corrected chi connectivity index (χ3v) is 2.10. The number of hydrogen-bond acceptors (Lipinski definition) is 5. The lowest BCUT2D eigenvalue weighted by molar-refractivity contribution is 0.477. The third kappa shape index (κ3) is 2.96. The number of halogens is 1. The Morgan fingerprint density at radius 1 is 1.62 bits per heavy atom. The SMILES string of the molecule is N#C/C(=N\Nc1ccc(Br)cc1O)C(=N)N. The number of phenols is 1. The van der Waals surface area contributed by atoms with Crippen LogP contribution in [0.5, 0.6) is 5.75 Å². The molecule has 0 amide bonds. The highest BCUT2D eigenvalue weighted by atomic mass is 79.9. The number of benzene rings is 1. The van der Waals surface area contributed by atoms with E-state index in [0.29, 0.717) is 10.2 Å². The van der Waals surface area contributed by atoms with Crippen LogP contribution < -0.4 is 11.2 Å². The van der Waals surface area contributed by atoms with Gasteiger partial charge < -0.3 is 10.8 Å². The standard InChI is InChI=1S/C9H8BrN5O/c10-5-1-2-6(8(16)3-5)14-15-7(4-11)9(12)13/h1-3,14,16H,(H3,12,13)/b15-7+. The molecule has 0 aliphatic heterocycles. The molecule has 5 N–H and O–H groups in total. The van der Waals surface area contributed by atoms with E-state index in [4.69, 9.17) is 16.4 Å². The van der Waals surface area contributed by atoms with Crippen molar-refractivity contribution in [1.82, 2.24) is 0 Å². The van der Waals surface area contributed by atoms with Gasteiger partial charge in [0.25, 0.3) is 0 Å². The second-order valence-electron chi connectivity index (χ2n) is 2.76. The Bertz CT molecular complexity index is 491. The molecule has 1 aromatic rings. The minimum atomic E-state index is -0.438. The molecule has 0 fully saturated rings. The summed E-state index contributed by atoms with van der Waals surface area (Å²) in [5.74, 6) is -0.467. The molecule has 0 aliphatic rings. The van der Waals surface area contributed by atoms with Gasteiger partial charge in [-0.15, -0.1) is 0 Å². The first-order valence-electron chi connectivity index (χ1n) is 4.11. The van der Waals surface area contributed by atoms with Gasteiger partial charge in [-0.3, -0.25) is 10.8 Å². The highest BCUT2D eigenvalue weighted by Crippen LogP contribution is 2.26. The molecule has 0 heterocycles. The van der Waals surface area contributed by atoms with Crippen molar-refractivity contribution in [3.05, 3.63) is 22.7 Å². The number of amidine groups is 1. The van der Waals surface area contributed by atoms with E-state index in [-0.39, 0.29) is 11.5 Å². The zero-order valence-corrected chi connectivity index (χ0v) is 9.62. The van der Waals surface area contributed by atoms with Crippen LogP contribution in [-0.2, 0) is 0 Å². The first-order chi connectivity index (χ1) is 7.54. The number of nitrogens with zero attached hydrogens (tertiary/aromatic N) is 2. The van der Waals surface area contributed by atoms with Crippen molar-refractivity contribution in [2.45, 2.75) is 0 Å². The fraction of sp³-hybridized carbons (Fsp3) is 0. The van der Waals surface area contributed by atoms with Crippen LogP contribution in [0.15, 0.2) is 27.8 Å². The fourth-order valence-electron chi connectivity index (χ4n) is 0.861. The number of nitrogens with one attached hydrogen (secondary N) is 2. The van der Waals surface area contributed by atoms with E-state index < -0.39 is 5.84 Å². The molecule has 0 aliphatic carbocycles.